The van der Waals surface area contributed by atoms with E-state index in [9.17, 15) is 23.1 Å². The van der Waals surface area contributed by atoms with Crippen LogP contribution in [-0.2, 0) is 16.6 Å². The van der Waals surface area contributed by atoms with Gasteiger partial charge in [-0.2, -0.15) is 13.2 Å². The molecule has 24 heavy (non-hydrogen) atoms. The standard InChI is InChI=1S/C18H18F3NO2/c1-3-17(24,13-10-8-12(2)9-11-13)16(23)22-15-7-5-4-6-14(15)18(19,20)21/h4-11,24H,3H2,1-2H3,(H,22,23)/t17-/m1/s1. The van der Waals surface area contributed by atoms with Crippen LogP contribution in [0.1, 0.15) is 30.0 Å². The van der Waals surface area contributed by atoms with Crippen molar-refractivity contribution in [2.24, 2.45) is 0 Å². The molecule has 6 heteroatoms. The van der Waals surface area contributed by atoms with Gasteiger partial charge in [0.1, 0.15) is 0 Å². The van der Waals surface area contributed by atoms with E-state index in [0.29, 0.717) is 5.56 Å². The van der Waals surface area contributed by atoms with Crippen LogP contribution in [0.3, 0.4) is 0 Å². The summed E-state index contributed by atoms with van der Waals surface area (Å²) >= 11 is 0. The molecule has 0 saturated heterocycles. The summed E-state index contributed by atoms with van der Waals surface area (Å²) < 4.78 is 39.1. The van der Waals surface area contributed by atoms with E-state index in [1.165, 1.54) is 12.1 Å². The Morgan fingerprint density at radius 1 is 1.08 bits per heavy atom. The lowest BCUT2D eigenvalue weighted by Gasteiger charge is -2.27. The number of amides is 1. The summed E-state index contributed by atoms with van der Waals surface area (Å²) in [6.45, 7) is 3.45. The Bertz CT molecular complexity index is 726. The molecule has 128 valence electrons. The van der Waals surface area contributed by atoms with E-state index in [1.807, 2.05) is 6.92 Å². The normalized spacial score (nSPS) is 14.1. The van der Waals surface area contributed by atoms with E-state index in [0.717, 1.165) is 17.7 Å². The Hall–Kier alpha value is -2.34. The van der Waals surface area contributed by atoms with E-state index in [-0.39, 0.29) is 12.1 Å². The summed E-state index contributed by atoms with van der Waals surface area (Å²) in [5.41, 5.74) is -1.97. The summed E-state index contributed by atoms with van der Waals surface area (Å²) in [6, 6.07) is 11.3. The molecule has 1 amide bonds. The number of nitrogens with one attached hydrogen (secondary N) is 1. The van der Waals surface area contributed by atoms with Crippen LogP contribution in [0.15, 0.2) is 48.5 Å². The zero-order valence-electron chi connectivity index (χ0n) is 13.3. The van der Waals surface area contributed by atoms with Crippen molar-refractivity contribution in [3.05, 3.63) is 65.2 Å². The first-order chi connectivity index (χ1) is 11.2. The van der Waals surface area contributed by atoms with Gasteiger partial charge in [-0.15, -0.1) is 0 Å². The first-order valence-electron chi connectivity index (χ1n) is 7.45. The molecule has 2 aromatic rings. The second-order valence-electron chi connectivity index (χ2n) is 5.58. The van der Waals surface area contributed by atoms with E-state index < -0.39 is 23.2 Å². The predicted molar refractivity (Wildman–Crippen MR) is 85.4 cm³/mol. The average Bonchev–Trinajstić information content (AvgIpc) is 2.54. The molecule has 0 aromatic heterocycles. The molecule has 0 unspecified atom stereocenters. The van der Waals surface area contributed by atoms with Crippen molar-refractivity contribution < 1.29 is 23.1 Å². The maximum Gasteiger partial charge on any atom is 0.418 e. The van der Waals surface area contributed by atoms with Crippen LogP contribution in [0.5, 0.6) is 0 Å². The second-order valence-corrected chi connectivity index (χ2v) is 5.58. The molecule has 1 atom stereocenters. The number of hydrogen-bond acceptors (Lipinski definition) is 2. The molecule has 0 saturated carbocycles. The van der Waals surface area contributed by atoms with Gasteiger partial charge in [0.15, 0.2) is 5.60 Å². The summed E-state index contributed by atoms with van der Waals surface area (Å²) in [4.78, 5) is 12.5. The van der Waals surface area contributed by atoms with Crippen LogP contribution in [0, 0.1) is 6.92 Å². The number of rotatable bonds is 4. The quantitative estimate of drug-likeness (QED) is 0.876. The number of aryl methyl sites for hydroxylation is 1. The maximum absolute atomic E-state index is 13.0. The molecule has 2 aromatic carbocycles. The molecule has 0 aliphatic heterocycles. The molecule has 3 nitrogen and oxygen atoms in total. The molecule has 0 spiro atoms. The average molecular weight is 337 g/mol. The summed E-state index contributed by atoms with van der Waals surface area (Å²) in [7, 11) is 0. The van der Waals surface area contributed by atoms with Gasteiger partial charge in [-0.25, -0.2) is 0 Å². The smallest absolute Gasteiger partial charge is 0.375 e. The second kappa shape index (κ2) is 6.65. The van der Waals surface area contributed by atoms with Gasteiger partial charge in [-0.3, -0.25) is 4.79 Å². The maximum atomic E-state index is 13.0. The molecule has 0 radical (unpaired) electrons. The zero-order valence-corrected chi connectivity index (χ0v) is 13.3. The minimum atomic E-state index is -4.60. The van der Waals surface area contributed by atoms with Crippen LogP contribution in [0.25, 0.3) is 0 Å². The first-order valence-corrected chi connectivity index (χ1v) is 7.45. The fourth-order valence-electron chi connectivity index (χ4n) is 2.39. The van der Waals surface area contributed by atoms with Gasteiger partial charge < -0.3 is 10.4 Å². The molecule has 0 bridgehead atoms. The van der Waals surface area contributed by atoms with Crippen LogP contribution in [0.2, 0.25) is 0 Å². The molecular weight excluding hydrogens is 319 g/mol. The van der Waals surface area contributed by atoms with Gasteiger partial charge in [0, 0.05) is 0 Å². The SMILES string of the molecule is CC[C@](O)(C(=O)Nc1ccccc1C(F)(F)F)c1ccc(C)cc1. The van der Waals surface area contributed by atoms with Crippen molar-refractivity contribution in [3.8, 4) is 0 Å². The van der Waals surface area contributed by atoms with Crippen molar-refractivity contribution in [2.75, 3.05) is 5.32 Å². The number of benzene rings is 2. The minimum Gasteiger partial charge on any atom is -0.375 e. The number of carbonyl (C=O) groups excluding carboxylic acids is 1. The number of carbonyl (C=O) groups is 1. The van der Waals surface area contributed by atoms with Gasteiger partial charge in [-0.1, -0.05) is 48.9 Å². The summed E-state index contributed by atoms with van der Waals surface area (Å²) in [5.74, 6) is -0.898. The third-order valence-electron chi connectivity index (χ3n) is 3.90. The number of halogens is 3. The van der Waals surface area contributed by atoms with E-state index in [2.05, 4.69) is 5.32 Å². The molecule has 2 N–H and O–H groups in total. The lowest BCUT2D eigenvalue weighted by Crippen LogP contribution is -2.40. The number of alkyl halides is 3. The largest absolute Gasteiger partial charge is 0.418 e. The van der Waals surface area contributed by atoms with Gasteiger partial charge in [0.25, 0.3) is 5.91 Å². The minimum absolute atomic E-state index is 0.0239. The third-order valence-corrected chi connectivity index (χ3v) is 3.90. The van der Waals surface area contributed by atoms with E-state index in [4.69, 9.17) is 0 Å². The molecule has 0 heterocycles. The fourth-order valence-corrected chi connectivity index (χ4v) is 2.39. The number of hydrogen-bond donors (Lipinski definition) is 2. The Kier molecular flexibility index (Phi) is 4.99. The van der Waals surface area contributed by atoms with Crippen LogP contribution in [-0.4, -0.2) is 11.0 Å². The Balaban J connectivity index is 2.36. The highest BCUT2D eigenvalue weighted by Crippen LogP contribution is 2.35. The first kappa shape index (κ1) is 18.0. The summed E-state index contributed by atoms with van der Waals surface area (Å²) in [5, 5.41) is 12.9. The van der Waals surface area contributed by atoms with Crippen molar-refractivity contribution in [1.29, 1.82) is 0 Å². The molecule has 2 rings (SSSR count). The molecule has 0 aliphatic rings. The highest BCUT2D eigenvalue weighted by Gasteiger charge is 2.38. The fraction of sp³-hybridized carbons (Fsp3) is 0.278. The Labute approximate surface area is 138 Å². The number of para-hydroxylation sites is 1. The van der Waals surface area contributed by atoms with Crippen molar-refractivity contribution in [2.45, 2.75) is 32.0 Å². The van der Waals surface area contributed by atoms with Gasteiger partial charge in [0.2, 0.25) is 0 Å². The summed E-state index contributed by atoms with van der Waals surface area (Å²) in [6.07, 6.45) is -4.58. The number of aliphatic hydroxyl groups is 1. The molecule has 0 fully saturated rings. The highest BCUT2D eigenvalue weighted by molar-refractivity contribution is 5.98. The Morgan fingerprint density at radius 3 is 2.21 bits per heavy atom. The van der Waals surface area contributed by atoms with E-state index in [1.54, 1.807) is 31.2 Å². The number of anilines is 1. The Morgan fingerprint density at radius 2 is 1.67 bits per heavy atom. The zero-order chi connectivity index (χ0) is 18.0. The van der Waals surface area contributed by atoms with Crippen LogP contribution in [0.4, 0.5) is 18.9 Å². The van der Waals surface area contributed by atoms with Crippen molar-refractivity contribution in [3.63, 3.8) is 0 Å². The molecular formula is C18H18F3NO2. The van der Waals surface area contributed by atoms with Gasteiger partial charge >= 0.3 is 6.18 Å². The lowest BCUT2D eigenvalue weighted by atomic mass is 9.89. The van der Waals surface area contributed by atoms with Gasteiger partial charge in [-0.05, 0) is 31.0 Å². The highest BCUT2D eigenvalue weighted by atomic mass is 19.4. The predicted octanol–water partition coefficient (Wildman–Crippen LogP) is 4.25. The lowest BCUT2D eigenvalue weighted by molar-refractivity contribution is -0.137. The third kappa shape index (κ3) is 3.59. The monoisotopic (exact) mass is 337 g/mol. The molecule has 0 aliphatic carbocycles. The van der Waals surface area contributed by atoms with Crippen molar-refractivity contribution in [1.82, 2.24) is 0 Å². The van der Waals surface area contributed by atoms with Crippen LogP contribution < -0.4 is 5.32 Å². The van der Waals surface area contributed by atoms with Crippen molar-refractivity contribution >= 4 is 11.6 Å². The topological polar surface area (TPSA) is 49.3 Å². The van der Waals surface area contributed by atoms with E-state index >= 15 is 0 Å². The van der Waals surface area contributed by atoms with Crippen LogP contribution >= 0.6 is 0 Å². The van der Waals surface area contributed by atoms with Gasteiger partial charge in [0.05, 0.1) is 11.3 Å².